The molecular weight excluding hydrogens is 230 g/mol. The fourth-order valence-corrected chi connectivity index (χ4v) is 3.35. The number of aromatic nitrogens is 2. The van der Waals surface area contributed by atoms with Crippen LogP contribution in [0.25, 0.3) is 0 Å². The number of nitrogens with two attached hydrogens (primary N) is 1. The van der Waals surface area contributed by atoms with Gasteiger partial charge in [-0.2, -0.15) is 0 Å². The second-order valence-corrected chi connectivity index (χ2v) is 5.39. The number of carboxylic acid groups (broad SMARTS) is 1. The van der Waals surface area contributed by atoms with Crippen LogP contribution in [0.1, 0.15) is 72.5 Å². The van der Waals surface area contributed by atoms with E-state index in [2.05, 4.69) is 9.55 Å². The van der Waals surface area contributed by atoms with Crippen LogP contribution in [0.15, 0.2) is 0 Å². The van der Waals surface area contributed by atoms with Crippen LogP contribution in [0, 0.1) is 0 Å². The number of imidazole rings is 1. The maximum absolute atomic E-state index is 11.3. The molecular formula is C13H19N3O2. The van der Waals surface area contributed by atoms with Crippen LogP contribution < -0.4 is 5.73 Å². The smallest absolute Gasteiger partial charge is 0.356 e. The number of carbonyl (C=O) groups is 1. The fraction of sp³-hybridized carbons (Fsp3) is 0.692. The van der Waals surface area contributed by atoms with Crippen molar-refractivity contribution < 1.29 is 9.90 Å². The Morgan fingerprint density at radius 2 is 2.00 bits per heavy atom. The number of hydrogen-bond acceptors (Lipinski definition) is 3. The van der Waals surface area contributed by atoms with Gasteiger partial charge in [0.1, 0.15) is 5.82 Å². The van der Waals surface area contributed by atoms with E-state index < -0.39 is 5.97 Å². The lowest BCUT2D eigenvalue weighted by atomic mass is 10.0. The van der Waals surface area contributed by atoms with Crippen LogP contribution in [0.4, 0.5) is 0 Å². The molecule has 3 rings (SSSR count). The predicted octanol–water partition coefficient (Wildman–Crippen LogP) is 2.03. The summed E-state index contributed by atoms with van der Waals surface area (Å²) >= 11 is 0. The summed E-state index contributed by atoms with van der Waals surface area (Å²) in [6.45, 7) is 0.870. The van der Waals surface area contributed by atoms with Crippen molar-refractivity contribution in [1.82, 2.24) is 9.55 Å². The first kappa shape index (κ1) is 11.7. The molecule has 0 radical (unpaired) electrons. The highest BCUT2D eigenvalue weighted by molar-refractivity contribution is 5.87. The van der Waals surface area contributed by atoms with Crippen LogP contribution in [0.3, 0.4) is 0 Å². The predicted molar refractivity (Wildman–Crippen MR) is 66.6 cm³/mol. The van der Waals surface area contributed by atoms with Gasteiger partial charge in [0.05, 0.1) is 5.69 Å². The van der Waals surface area contributed by atoms with Gasteiger partial charge in [-0.3, -0.25) is 0 Å². The summed E-state index contributed by atoms with van der Waals surface area (Å²) in [5, 5.41) is 9.28. The largest absolute Gasteiger partial charge is 0.476 e. The molecule has 0 spiro atoms. The lowest BCUT2D eigenvalue weighted by Crippen LogP contribution is -2.24. The van der Waals surface area contributed by atoms with Crippen LogP contribution in [-0.2, 0) is 6.54 Å². The van der Waals surface area contributed by atoms with Crippen LogP contribution in [-0.4, -0.2) is 20.6 Å². The molecule has 1 aromatic rings. The van der Waals surface area contributed by atoms with E-state index in [-0.39, 0.29) is 11.7 Å². The van der Waals surface area contributed by atoms with Crippen molar-refractivity contribution in [3.63, 3.8) is 0 Å². The van der Waals surface area contributed by atoms with Crippen molar-refractivity contribution in [2.45, 2.75) is 57.0 Å². The van der Waals surface area contributed by atoms with Crippen molar-refractivity contribution in [2.24, 2.45) is 5.73 Å². The SMILES string of the molecule is NC1CCCn2c(C3CCCC3)nc(C(=O)O)c21. The van der Waals surface area contributed by atoms with E-state index >= 15 is 0 Å². The Labute approximate surface area is 106 Å². The number of nitrogens with zero attached hydrogens (tertiary/aromatic N) is 2. The van der Waals surface area contributed by atoms with E-state index in [1.807, 2.05) is 0 Å². The molecule has 1 aliphatic carbocycles. The Morgan fingerprint density at radius 1 is 1.28 bits per heavy atom. The van der Waals surface area contributed by atoms with Gasteiger partial charge in [-0.15, -0.1) is 0 Å². The van der Waals surface area contributed by atoms with Gasteiger partial charge in [-0.1, -0.05) is 12.8 Å². The zero-order valence-corrected chi connectivity index (χ0v) is 10.4. The van der Waals surface area contributed by atoms with Gasteiger partial charge < -0.3 is 15.4 Å². The van der Waals surface area contributed by atoms with Gasteiger partial charge in [0.2, 0.25) is 0 Å². The molecule has 18 heavy (non-hydrogen) atoms. The maximum atomic E-state index is 11.3. The molecule has 1 fully saturated rings. The summed E-state index contributed by atoms with van der Waals surface area (Å²) < 4.78 is 2.09. The molecule has 1 unspecified atom stereocenters. The van der Waals surface area contributed by atoms with Crippen LogP contribution in [0.2, 0.25) is 0 Å². The molecule has 1 saturated carbocycles. The van der Waals surface area contributed by atoms with Crippen molar-refractivity contribution in [3.05, 3.63) is 17.2 Å². The minimum Gasteiger partial charge on any atom is -0.476 e. The zero-order valence-electron chi connectivity index (χ0n) is 10.4. The average molecular weight is 249 g/mol. The van der Waals surface area contributed by atoms with Gasteiger partial charge >= 0.3 is 5.97 Å². The van der Waals surface area contributed by atoms with E-state index in [4.69, 9.17) is 5.73 Å². The van der Waals surface area contributed by atoms with Gasteiger partial charge in [0.15, 0.2) is 5.69 Å². The van der Waals surface area contributed by atoms with Crippen molar-refractivity contribution in [2.75, 3.05) is 0 Å². The van der Waals surface area contributed by atoms with Crippen LogP contribution >= 0.6 is 0 Å². The summed E-state index contributed by atoms with van der Waals surface area (Å²) in [6.07, 6.45) is 6.58. The van der Waals surface area contributed by atoms with Gasteiger partial charge in [-0.25, -0.2) is 9.78 Å². The Kier molecular flexibility index (Phi) is 2.86. The number of aromatic carboxylic acids is 1. The first-order valence-corrected chi connectivity index (χ1v) is 6.77. The molecule has 0 amide bonds. The normalized spacial score (nSPS) is 24.2. The molecule has 1 atom stereocenters. The summed E-state index contributed by atoms with van der Waals surface area (Å²) in [5.74, 6) is 0.456. The van der Waals surface area contributed by atoms with Gasteiger partial charge in [0.25, 0.3) is 0 Å². The molecule has 2 aliphatic rings. The fourth-order valence-electron chi connectivity index (χ4n) is 3.35. The first-order chi connectivity index (χ1) is 8.68. The number of carboxylic acids is 1. The second-order valence-electron chi connectivity index (χ2n) is 5.39. The molecule has 1 aliphatic heterocycles. The molecule has 0 bridgehead atoms. The number of hydrogen-bond donors (Lipinski definition) is 2. The third-order valence-corrected chi connectivity index (χ3v) is 4.21. The van der Waals surface area contributed by atoms with E-state index in [9.17, 15) is 9.90 Å². The van der Waals surface area contributed by atoms with E-state index in [0.29, 0.717) is 5.92 Å². The minimum absolute atomic E-state index is 0.174. The Hall–Kier alpha value is -1.36. The Morgan fingerprint density at radius 3 is 2.67 bits per heavy atom. The van der Waals surface area contributed by atoms with E-state index in [1.165, 1.54) is 12.8 Å². The molecule has 0 saturated heterocycles. The minimum atomic E-state index is -0.944. The van der Waals surface area contributed by atoms with Crippen LogP contribution in [0.5, 0.6) is 0 Å². The third-order valence-electron chi connectivity index (χ3n) is 4.21. The summed E-state index contributed by atoms with van der Waals surface area (Å²) in [6, 6.07) is -0.174. The number of fused-ring (bicyclic) bond motifs is 1. The zero-order chi connectivity index (χ0) is 12.7. The van der Waals surface area contributed by atoms with E-state index in [0.717, 1.165) is 43.7 Å². The van der Waals surface area contributed by atoms with Gasteiger partial charge in [0, 0.05) is 18.5 Å². The summed E-state index contributed by atoms with van der Waals surface area (Å²) in [5.41, 5.74) is 7.00. The quantitative estimate of drug-likeness (QED) is 0.840. The lowest BCUT2D eigenvalue weighted by Gasteiger charge is -2.24. The monoisotopic (exact) mass is 249 g/mol. The third kappa shape index (κ3) is 1.73. The second kappa shape index (κ2) is 4.39. The van der Waals surface area contributed by atoms with Crippen molar-refractivity contribution in [3.8, 4) is 0 Å². The highest BCUT2D eigenvalue weighted by Crippen LogP contribution is 2.37. The summed E-state index contributed by atoms with van der Waals surface area (Å²) in [7, 11) is 0. The molecule has 5 nitrogen and oxygen atoms in total. The maximum Gasteiger partial charge on any atom is 0.356 e. The van der Waals surface area contributed by atoms with Crippen molar-refractivity contribution >= 4 is 5.97 Å². The Bertz CT molecular complexity index is 475. The summed E-state index contributed by atoms with van der Waals surface area (Å²) in [4.78, 5) is 15.7. The molecule has 1 aromatic heterocycles. The lowest BCUT2D eigenvalue weighted by molar-refractivity contribution is 0.0688. The molecule has 5 heteroatoms. The van der Waals surface area contributed by atoms with E-state index in [1.54, 1.807) is 0 Å². The average Bonchev–Trinajstić information content (AvgIpc) is 2.95. The topological polar surface area (TPSA) is 81.1 Å². The molecule has 2 heterocycles. The van der Waals surface area contributed by atoms with Gasteiger partial charge in [-0.05, 0) is 25.7 Å². The first-order valence-electron chi connectivity index (χ1n) is 6.77. The highest BCUT2D eigenvalue weighted by atomic mass is 16.4. The highest BCUT2D eigenvalue weighted by Gasteiger charge is 2.32. The molecule has 0 aromatic carbocycles. The molecule has 98 valence electrons. The number of rotatable bonds is 2. The standard InChI is InChI=1S/C13H19N3O2/c14-9-6-3-7-16-11(9)10(13(17)18)15-12(16)8-4-1-2-5-8/h8-9H,1-7,14H2,(H,17,18). The van der Waals surface area contributed by atoms with Crippen molar-refractivity contribution in [1.29, 1.82) is 0 Å². The molecule has 3 N–H and O–H groups in total. The Balaban J connectivity index is 2.09.